The molecule has 0 saturated heterocycles. The molecule has 0 amide bonds. The molecule has 0 heterocycles. The average molecular weight is 254 g/mol. The van der Waals surface area contributed by atoms with Gasteiger partial charge in [-0.25, -0.2) is 0 Å². The summed E-state index contributed by atoms with van der Waals surface area (Å²) in [5, 5.41) is 36.7. The summed E-state index contributed by atoms with van der Waals surface area (Å²) in [5.74, 6) is 0. The minimum absolute atomic E-state index is 0.175. The molecule has 2 rings (SSSR count). The van der Waals surface area contributed by atoms with Crippen molar-refractivity contribution in [3.8, 4) is 35.4 Å². The van der Waals surface area contributed by atoms with Gasteiger partial charge in [0.15, 0.2) is 0 Å². The van der Waals surface area contributed by atoms with E-state index < -0.39 is 0 Å². The molecule has 0 fully saturated rings. The van der Waals surface area contributed by atoms with Crippen molar-refractivity contribution >= 4 is 0 Å². The van der Waals surface area contributed by atoms with Gasteiger partial charge in [-0.2, -0.15) is 21.0 Å². The molecule has 0 radical (unpaired) electrons. The standard InChI is InChI=1S/C16H6N4/c17-7-11-3-2-6-14(15(11)10-20)16-12(8-18)4-1-5-13(16)9-19/h1-6H. The quantitative estimate of drug-likeness (QED) is 0.781. The summed E-state index contributed by atoms with van der Waals surface area (Å²) in [4.78, 5) is 0. The van der Waals surface area contributed by atoms with Gasteiger partial charge in [-0.05, 0) is 18.2 Å². The zero-order chi connectivity index (χ0) is 14.5. The Morgan fingerprint density at radius 3 is 1.60 bits per heavy atom. The molecule has 4 heteroatoms. The van der Waals surface area contributed by atoms with Crippen LogP contribution in [-0.2, 0) is 0 Å². The molecule has 0 aliphatic heterocycles. The van der Waals surface area contributed by atoms with Crippen LogP contribution in [0.3, 0.4) is 0 Å². The van der Waals surface area contributed by atoms with Crippen LogP contribution < -0.4 is 0 Å². The van der Waals surface area contributed by atoms with Crippen LogP contribution in [-0.4, -0.2) is 0 Å². The van der Waals surface area contributed by atoms with E-state index in [1.807, 2.05) is 24.3 Å². The molecule has 0 atom stereocenters. The van der Waals surface area contributed by atoms with Gasteiger partial charge in [0, 0.05) is 11.1 Å². The van der Waals surface area contributed by atoms with E-state index in [0.29, 0.717) is 22.3 Å². The summed E-state index contributed by atoms with van der Waals surface area (Å²) in [6.07, 6.45) is 0. The molecule has 2 aromatic rings. The zero-order valence-corrected chi connectivity index (χ0v) is 10.3. The minimum atomic E-state index is 0.175. The van der Waals surface area contributed by atoms with Crippen molar-refractivity contribution in [3.63, 3.8) is 0 Å². The lowest BCUT2D eigenvalue weighted by atomic mass is 9.90. The van der Waals surface area contributed by atoms with E-state index in [1.165, 1.54) is 6.07 Å². The Hall–Kier alpha value is -3.60. The van der Waals surface area contributed by atoms with Crippen molar-refractivity contribution in [1.82, 2.24) is 0 Å². The second kappa shape index (κ2) is 5.36. The third-order valence-corrected chi connectivity index (χ3v) is 2.87. The maximum atomic E-state index is 9.25. The molecule has 0 aliphatic carbocycles. The van der Waals surface area contributed by atoms with Gasteiger partial charge in [0.05, 0.1) is 34.4 Å². The Kier molecular flexibility index (Phi) is 3.45. The summed E-state index contributed by atoms with van der Waals surface area (Å²) in [5.41, 5.74) is 1.83. The van der Waals surface area contributed by atoms with Crippen molar-refractivity contribution < 1.29 is 0 Å². The molecule has 0 spiro atoms. The van der Waals surface area contributed by atoms with E-state index in [9.17, 15) is 15.8 Å². The Morgan fingerprint density at radius 2 is 1.10 bits per heavy atom. The molecule has 0 aromatic heterocycles. The summed E-state index contributed by atoms with van der Waals surface area (Å²) < 4.78 is 0. The van der Waals surface area contributed by atoms with Crippen LogP contribution in [0.5, 0.6) is 0 Å². The Balaban J connectivity index is 2.92. The Bertz CT molecular complexity index is 820. The molecule has 20 heavy (non-hydrogen) atoms. The minimum Gasteiger partial charge on any atom is -0.192 e. The van der Waals surface area contributed by atoms with Gasteiger partial charge in [0.2, 0.25) is 0 Å². The average Bonchev–Trinajstić information content (AvgIpc) is 2.52. The summed E-state index contributed by atoms with van der Waals surface area (Å²) >= 11 is 0. The van der Waals surface area contributed by atoms with Gasteiger partial charge in [-0.1, -0.05) is 18.2 Å². The first-order valence-electron chi connectivity index (χ1n) is 5.63. The molecule has 4 nitrogen and oxygen atoms in total. The highest BCUT2D eigenvalue weighted by Crippen LogP contribution is 2.31. The van der Waals surface area contributed by atoms with Gasteiger partial charge >= 0.3 is 0 Å². The first-order chi connectivity index (χ1) is 9.76. The number of hydrogen-bond donors (Lipinski definition) is 0. The molecular weight excluding hydrogens is 248 g/mol. The smallest absolute Gasteiger partial charge is 0.101 e. The monoisotopic (exact) mass is 254 g/mol. The van der Waals surface area contributed by atoms with Crippen molar-refractivity contribution in [2.75, 3.05) is 0 Å². The number of nitriles is 4. The molecule has 0 bridgehead atoms. The van der Waals surface area contributed by atoms with Gasteiger partial charge in [0.25, 0.3) is 0 Å². The fourth-order valence-electron chi connectivity index (χ4n) is 2.00. The van der Waals surface area contributed by atoms with Crippen LogP contribution in [0.1, 0.15) is 22.3 Å². The van der Waals surface area contributed by atoms with Crippen LogP contribution >= 0.6 is 0 Å². The van der Waals surface area contributed by atoms with Crippen LogP contribution in [0.15, 0.2) is 36.4 Å². The molecule has 0 saturated carbocycles. The van der Waals surface area contributed by atoms with E-state index in [2.05, 4.69) is 0 Å². The molecule has 0 aliphatic rings. The van der Waals surface area contributed by atoms with Gasteiger partial charge in [0.1, 0.15) is 12.1 Å². The predicted octanol–water partition coefficient (Wildman–Crippen LogP) is 2.84. The van der Waals surface area contributed by atoms with Crippen molar-refractivity contribution in [2.24, 2.45) is 0 Å². The van der Waals surface area contributed by atoms with Gasteiger partial charge in [-0.15, -0.1) is 0 Å². The van der Waals surface area contributed by atoms with E-state index in [4.69, 9.17) is 5.26 Å². The van der Waals surface area contributed by atoms with Crippen LogP contribution in [0.4, 0.5) is 0 Å². The first-order valence-corrected chi connectivity index (χ1v) is 5.63. The van der Waals surface area contributed by atoms with Crippen LogP contribution in [0, 0.1) is 45.3 Å². The number of nitrogens with zero attached hydrogens (tertiary/aromatic N) is 4. The first kappa shape index (κ1) is 12.8. The van der Waals surface area contributed by atoms with Gasteiger partial charge < -0.3 is 0 Å². The maximum Gasteiger partial charge on any atom is 0.101 e. The highest BCUT2D eigenvalue weighted by Gasteiger charge is 2.16. The summed E-state index contributed by atoms with van der Waals surface area (Å²) in [6, 6.07) is 17.5. The fourth-order valence-corrected chi connectivity index (χ4v) is 2.00. The maximum absolute atomic E-state index is 9.25. The SMILES string of the molecule is N#Cc1cccc(-c2c(C#N)cccc2C#N)c1C#N. The van der Waals surface area contributed by atoms with Crippen LogP contribution in [0.25, 0.3) is 11.1 Å². The topological polar surface area (TPSA) is 95.2 Å². The van der Waals surface area contributed by atoms with Gasteiger partial charge in [-0.3, -0.25) is 0 Å². The highest BCUT2D eigenvalue weighted by molar-refractivity contribution is 5.82. The van der Waals surface area contributed by atoms with E-state index in [1.54, 1.807) is 30.3 Å². The fraction of sp³-hybridized carbons (Fsp3) is 0. The highest BCUT2D eigenvalue weighted by atomic mass is 14.3. The number of benzene rings is 2. The molecule has 90 valence electrons. The lowest BCUT2D eigenvalue weighted by Gasteiger charge is -2.09. The lowest BCUT2D eigenvalue weighted by Crippen LogP contribution is -1.95. The third kappa shape index (κ3) is 1.95. The van der Waals surface area contributed by atoms with E-state index in [-0.39, 0.29) is 11.1 Å². The Morgan fingerprint density at radius 1 is 0.600 bits per heavy atom. The molecule has 0 N–H and O–H groups in total. The van der Waals surface area contributed by atoms with Crippen molar-refractivity contribution in [3.05, 3.63) is 58.7 Å². The summed E-state index contributed by atoms with van der Waals surface area (Å²) in [6.45, 7) is 0. The summed E-state index contributed by atoms with van der Waals surface area (Å²) in [7, 11) is 0. The normalized spacial score (nSPS) is 8.80. The molecular formula is C16H6N4. The number of rotatable bonds is 1. The third-order valence-electron chi connectivity index (χ3n) is 2.87. The van der Waals surface area contributed by atoms with E-state index in [0.717, 1.165) is 0 Å². The van der Waals surface area contributed by atoms with Crippen molar-refractivity contribution in [1.29, 1.82) is 21.0 Å². The molecule has 2 aromatic carbocycles. The van der Waals surface area contributed by atoms with E-state index >= 15 is 0 Å². The second-order valence-corrected chi connectivity index (χ2v) is 3.90. The predicted molar refractivity (Wildman–Crippen MR) is 70.7 cm³/mol. The molecule has 0 unspecified atom stereocenters. The number of hydrogen-bond acceptors (Lipinski definition) is 4. The Labute approximate surface area is 116 Å². The van der Waals surface area contributed by atoms with Crippen LogP contribution in [0.2, 0.25) is 0 Å². The lowest BCUT2D eigenvalue weighted by molar-refractivity contribution is 1.40. The van der Waals surface area contributed by atoms with Crippen molar-refractivity contribution in [2.45, 2.75) is 0 Å². The largest absolute Gasteiger partial charge is 0.192 e. The zero-order valence-electron chi connectivity index (χ0n) is 10.3. The second-order valence-electron chi connectivity index (χ2n) is 3.90.